The number of aromatic amines is 1. The summed E-state index contributed by atoms with van der Waals surface area (Å²) in [7, 11) is 0. The van der Waals surface area contributed by atoms with E-state index in [1.54, 1.807) is 6.92 Å². The van der Waals surface area contributed by atoms with Crippen LogP contribution in [0.3, 0.4) is 0 Å². The summed E-state index contributed by atoms with van der Waals surface area (Å²) in [5.74, 6) is 0.135. The predicted octanol–water partition coefficient (Wildman–Crippen LogP) is 3.10. The van der Waals surface area contributed by atoms with Crippen molar-refractivity contribution in [2.75, 3.05) is 26.3 Å². The highest BCUT2D eigenvalue weighted by Crippen LogP contribution is 2.34. The summed E-state index contributed by atoms with van der Waals surface area (Å²) >= 11 is 0. The minimum Gasteiger partial charge on any atom is -0.378 e. The molecule has 150 valence electrons. The fourth-order valence-electron chi connectivity index (χ4n) is 4.50. The first kappa shape index (κ1) is 18.3. The highest BCUT2D eigenvalue weighted by atomic mass is 16.5. The van der Waals surface area contributed by atoms with Crippen molar-refractivity contribution in [1.29, 1.82) is 0 Å². The van der Waals surface area contributed by atoms with E-state index >= 15 is 0 Å². The van der Waals surface area contributed by atoms with Gasteiger partial charge < -0.3 is 19.9 Å². The first-order chi connectivity index (χ1) is 14.1. The van der Waals surface area contributed by atoms with Gasteiger partial charge in [-0.1, -0.05) is 6.07 Å². The van der Waals surface area contributed by atoms with Gasteiger partial charge in [0.25, 0.3) is 0 Å². The summed E-state index contributed by atoms with van der Waals surface area (Å²) < 4.78 is 5.75. The first-order valence-corrected chi connectivity index (χ1v) is 10.3. The van der Waals surface area contributed by atoms with Crippen LogP contribution < -0.4 is 5.32 Å². The monoisotopic (exact) mass is 390 g/mol. The summed E-state index contributed by atoms with van der Waals surface area (Å²) in [6, 6.07) is 6.91. The number of nitrogens with one attached hydrogen (secondary N) is 2. The summed E-state index contributed by atoms with van der Waals surface area (Å²) in [5, 5.41) is 4.75. The number of rotatable bonds is 2. The Labute approximate surface area is 170 Å². The number of H-pyrrole nitrogens is 1. The Morgan fingerprint density at radius 1 is 1.28 bits per heavy atom. The summed E-state index contributed by atoms with van der Waals surface area (Å²) in [4.78, 5) is 21.8. The van der Waals surface area contributed by atoms with Gasteiger partial charge in [0, 0.05) is 49.9 Å². The molecule has 1 saturated heterocycles. The average Bonchev–Trinajstić information content (AvgIpc) is 3.13. The Bertz CT molecular complexity index is 1080. The van der Waals surface area contributed by atoms with Crippen LogP contribution in [-0.2, 0) is 22.5 Å². The smallest absolute Gasteiger partial charge is 0.219 e. The predicted molar refractivity (Wildman–Crippen MR) is 113 cm³/mol. The molecule has 2 aromatic heterocycles. The zero-order valence-corrected chi connectivity index (χ0v) is 16.9. The number of aromatic nitrogens is 2. The summed E-state index contributed by atoms with van der Waals surface area (Å²) in [6.45, 7) is 7.44. The Kier molecular flexibility index (Phi) is 4.60. The van der Waals surface area contributed by atoms with E-state index in [2.05, 4.69) is 40.4 Å². The number of benzene rings is 1. The molecule has 0 unspecified atom stereocenters. The van der Waals surface area contributed by atoms with Crippen LogP contribution in [0, 0.1) is 6.92 Å². The van der Waals surface area contributed by atoms with E-state index in [1.807, 2.05) is 17.3 Å². The Hall–Kier alpha value is -2.70. The molecule has 1 aromatic carbocycles. The lowest BCUT2D eigenvalue weighted by Gasteiger charge is -2.33. The molecule has 0 saturated carbocycles. The molecule has 5 rings (SSSR count). The largest absolute Gasteiger partial charge is 0.378 e. The highest BCUT2D eigenvalue weighted by Gasteiger charge is 2.26. The lowest BCUT2D eigenvalue weighted by atomic mass is 9.87. The number of ether oxygens (including phenoxy) is 1. The number of hydrogen-bond acceptors (Lipinski definition) is 4. The van der Waals surface area contributed by atoms with Gasteiger partial charge in [0.05, 0.1) is 19.3 Å². The molecule has 2 aliphatic heterocycles. The quantitative estimate of drug-likeness (QED) is 0.705. The molecule has 6 heteroatoms. The molecule has 3 aromatic rings. The van der Waals surface area contributed by atoms with Gasteiger partial charge >= 0.3 is 0 Å². The lowest BCUT2D eigenvalue weighted by Crippen LogP contribution is -2.38. The van der Waals surface area contributed by atoms with Gasteiger partial charge in [-0.3, -0.25) is 4.79 Å². The zero-order chi connectivity index (χ0) is 20.0. The molecule has 0 spiro atoms. The number of amides is 1. The van der Waals surface area contributed by atoms with Crippen LogP contribution in [0.2, 0.25) is 0 Å². The van der Waals surface area contributed by atoms with Crippen molar-refractivity contribution in [3.63, 3.8) is 0 Å². The van der Waals surface area contributed by atoms with Gasteiger partial charge in [-0.05, 0) is 53.3 Å². The number of pyridine rings is 1. The molecule has 29 heavy (non-hydrogen) atoms. The molecule has 1 atom stereocenters. The fourth-order valence-corrected chi connectivity index (χ4v) is 4.50. The number of aryl methyl sites for hydroxylation is 1. The van der Waals surface area contributed by atoms with E-state index in [9.17, 15) is 4.79 Å². The maximum Gasteiger partial charge on any atom is 0.219 e. The van der Waals surface area contributed by atoms with Crippen LogP contribution >= 0.6 is 0 Å². The lowest BCUT2D eigenvalue weighted by molar-refractivity contribution is -0.129. The average molecular weight is 390 g/mol. The van der Waals surface area contributed by atoms with Crippen LogP contribution in [0.1, 0.15) is 35.2 Å². The number of morpholine rings is 1. The highest BCUT2D eigenvalue weighted by molar-refractivity contribution is 5.84. The maximum absolute atomic E-state index is 12.0. The van der Waals surface area contributed by atoms with Crippen LogP contribution in [0.15, 0.2) is 30.6 Å². The van der Waals surface area contributed by atoms with Crippen molar-refractivity contribution in [3.05, 3.63) is 52.8 Å². The van der Waals surface area contributed by atoms with E-state index in [0.717, 1.165) is 42.7 Å². The van der Waals surface area contributed by atoms with Crippen molar-refractivity contribution in [2.24, 2.45) is 0 Å². The Balaban J connectivity index is 1.62. The SMILES string of the molecule is CC(=O)N1CCc2cc(-c3cnc4[nH]cc(C)c4c3)cc([C@@H]3COCCN3)c2C1. The van der Waals surface area contributed by atoms with E-state index < -0.39 is 0 Å². The number of fused-ring (bicyclic) bond motifs is 2. The molecule has 0 radical (unpaired) electrons. The minimum atomic E-state index is 0.135. The van der Waals surface area contributed by atoms with Gasteiger partial charge in [0.15, 0.2) is 0 Å². The van der Waals surface area contributed by atoms with Crippen molar-refractivity contribution in [2.45, 2.75) is 32.9 Å². The van der Waals surface area contributed by atoms with Crippen LogP contribution in [0.5, 0.6) is 0 Å². The number of carbonyl (C=O) groups is 1. The molecule has 1 fully saturated rings. The minimum absolute atomic E-state index is 0.135. The molecular weight excluding hydrogens is 364 g/mol. The third kappa shape index (κ3) is 3.32. The van der Waals surface area contributed by atoms with Crippen LogP contribution in [0.25, 0.3) is 22.2 Å². The van der Waals surface area contributed by atoms with Crippen molar-refractivity contribution < 1.29 is 9.53 Å². The van der Waals surface area contributed by atoms with Gasteiger partial charge in [-0.2, -0.15) is 0 Å². The summed E-state index contributed by atoms with van der Waals surface area (Å²) in [6.07, 6.45) is 4.82. The molecule has 2 N–H and O–H groups in total. The molecule has 0 bridgehead atoms. The third-order valence-electron chi connectivity index (χ3n) is 6.19. The number of hydrogen-bond donors (Lipinski definition) is 2. The summed E-state index contributed by atoms with van der Waals surface area (Å²) in [5.41, 5.74) is 8.26. The van der Waals surface area contributed by atoms with Crippen molar-refractivity contribution in [1.82, 2.24) is 20.2 Å². The molecule has 4 heterocycles. The Morgan fingerprint density at radius 3 is 2.97 bits per heavy atom. The topological polar surface area (TPSA) is 70.2 Å². The van der Waals surface area contributed by atoms with E-state index in [1.165, 1.54) is 27.8 Å². The second kappa shape index (κ2) is 7.28. The van der Waals surface area contributed by atoms with Crippen molar-refractivity contribution >= 4 is 16.9 Å². The van der Waals surface area contributed by atoms with Crippen molar-refractivity contribution in [3.8, 4) is 11.1 Å². The zero-order valence-electron chi connectivity index (χ0n) is 16.9. The second-order valence-corrected chi connectivity index (χ2v) is 8.07. The maximum atomic E-state index is 12.0. The first-order valence-electron chi connectivity index (χ1n) is 10.3. The molecular formula is C23H26N4O2. The second-order valence-electron chi connectivity index (χ2n) is 8.07. The fraction of sp³-hybridized carbons (Fsp3) is 0.391. The molecule has 0 aliphatic carbocycles. The third-order valence-corrected chi connectivity index (χ3v) is 6.19. The van der Waals surface area contributed by atoms with E-state index in [4.69, 9.17) is 4.74 Å². The van der Waals surface area contributed by atoms with Crippen LogP contribution in [-0.4, -0.2) is 47.1 Å². The van der Waals surface area contributed by atoms with Gasteiger partial charge in [-0.25, -0.2) is 4.98 Å². The van der Waals surface area contributed by atoms with Crippen LogP contribution in [0.4, 0.5) is 0 Å². The van der Waals surface area contributed by atoms with E-state index in [0.29, 0.717) is 13.2 Å². The normalized spacial score (nSPS) is 19.4. The van der Waals surface area contributed by atoms with Gasteiger partial charge in [0.1, 0.15) is 5.65 Å². The number of carbonyl (C=O) groups excluding carboxylic acids is 1. The number of nitrogens with zero attached hydrogens (tertiary/aromatic N) is 2. The molecule has 2 aliphatic rings. The van der Waals surface area contributed by atoms with Gasteiger partial charge in [-0.15, -0.1) is 0 Å². The Morgan fingerprint density at radius 2 is 2.17 bits per heavy atom. The molecule has 6 nitrogen and oxygen atoms in total. The molecule has 1 amide bonds. The van der Waals surface area contributed by atoms with E-state index in [-0.39, 0.29) is 11.9 Å². The standard InChI is InChI=1S/C23H26N4O2/c1-14-10-25-23-19(14)9-18(11-26-23)17-7-16-3-5-27(15(2)28)12-21(16)20(8-17)22-13-29-6-4-24-22/h7-11,22,24H,3-6,12-13H2,1-2H3,(H,25,26)/t22-/m0/s1. The van der Waals surface area contributed by atoms with Gasteiger partial charge in [0.2, 0.25) is 5.91 Å².